The van der Waals surface area contributed by atoms with Crippen molar-refractivity contribution in [2.45, 2.75) is 6.11 Å². The van der Waals surface area contributed by atoms with Gasteiger partial charge in [0.2, 0.25) is 0 Å². The monoisotopic (exact) mass is 341 g/mol. The van der Waals surface area contributed by atoms with E-state index in [9.17, 15) is 18.2 Å². The molecule has 0 amide bonds. The Labute approximate surface area is 126 Å². The van der Waals surface area contributed by atoms with Gasteiger partial charge in [0, 0.05) is 9.50 Å². The molecule has 0 fully saturated rings. The Bertz CT molecular complexity index is 407. The van der Waals surface area contributed by atoms with Crippen LogP contribution in [0, 0.1) is 0 Å². The first-order chi connectivity index (χ1) is 6.83. The molecule has 0 aromatic heterocycles. The number of hydrogen-bond acceptors (Lipinski definition) is 3. The van der Waals surface area contributed by atoms with Gasteiger partial charge >= 0.3 is 43.9 Å². The standard InChI is InChI=1S/C7H3BrClF2O3P.Na/c8-6-3-4(9)1-2-5(6)7(10,11)14-15(12)13;/h1-3H;/q;+1. The second-order valence-corrected chi connectivity index (χ2v) is 4.38. The summed E-state index contributed by atoms with van der Waals surface area (Å²) >= 11 is 8.37. The van der Waals surface area contributed by atoms with Crippen LogP contribution in [0.5, 0.6) is 0 Å². The predicted molar refractivity (Wildman–Crippen MR) is 51.7 cm³/mol. The molecule has 1 rings (SSSR count). The molecule has 0 aliphatic carbocycles. The van der Waals surface area contributed by atoms with Gasteiger partial charge in [-0.2, -0.15) is 8.78 Å². The van der Waals surface area contributed by atoms with Crippen LogP contribution in [0.2, 0.25) is 5.02 Å². The molecule has 0 N–H and O–H groups in total. The molecule has 0 heterocycles. The fourth-order valence-electron chi connectivity index (χ4n) is 0.868. The largest absolute Gasteiger partial charge is 1.00 e. The zero-order chi connectivity index (χ0) is 11.6. The van der Waals surface area contributed by atoms with Crippen LogP contribution in [0.1, 0.15) is 5.56 Å². The van der Waals surface area contributed by atoms with Crippen molar-refractivity contribution >= 4 is 35.8 Å². The fourth-order valence-corrected chi connectivity index (χ4v) is 2.07. The van der Waals surface area contributed by atoms with E-state index in [1.807, 2.05) is 0 Å². The van der Waals surface area contributed by atoms with Gasteiger partial charge in [-0.3, -0.25) is 0 Å². The fraction of sp³-hybridized carbons (Fsp3) is 0.143. The first kappa shape index (κ1) is 16.9. The van der Waals surface area contributed by atoms with Gasteiger partial charge in [0.15, 0.2) is 0 Å². The van der Waals surface area contributed by atoms with Crippen molar-refractivity contribution in [2.24, 2.45) is 0 Å². The third-order valence-corrected chi connectivity index (χ3v) is 2.70. The maximum Gasteiger partial charge on any atom is 1.00 e. The summed E-state index contributed by atoms with van der Waals surface area (Å²) in [5.41, 5.74) is -0.605. The molecule has 0 bridgehead atoms. The molecule has 0 radical (unpaired) electrons. The van der Waals surface area contributed by atoms with E-state index in [1.54, 1.807) is 0 Å². The molecule has 82 valence electrons. The smallest absolute Gasteiger partial charge is 0.566 e. The van der Waals surface area contributed by atoms with E-state index in [1.165, 1.54) is 12.1 Å². The van der Waals surface area contributed by atoms with Crippen LogP contribution in [0.3, 0.4) is 0 Å². The molecule has 3 nitrogen and oxygen atoms in total. The van der Waals surface area contributed by atoms with Gasteiger partial charge in [0.05, 0.1) is 5.56 Å². The third kappa shape index (κ3) is 4.63. The molecule has 1 unspecified atom stereocenters. The molecule has 0 spiro atoms. The van der Waals surface area contributed by atoms with E-state index >= 15 is 0 Å². The SMILES string of the molecule is O=[P+]([O-])OC(F)(F)c1ccc(Cl)cc1Br.[Na+]. The van der Waals surface area contributed by atoms with Gasteiger partial charge in [0.25, 0.3) is 0 Å². The minimum absolute atomic E-state index is 0. The predicted octanol–water partition coefficient (Wildman–Crippen LogP) is 0.190. The summed E-state index contributed by atoms with van der Waals surface area (Å²) in [6.45, 7) is 0. The van der Waals surface area contributed by atoms with E-state index in [0.29, 0.717) is 0 Å². The summed E-state index contributed by atoms with van der Waals surface area (Å²) < 4.78 is 39.8. The minimum Gasteiger partial charge on any atom is -0.566 e. The minimum atomic E-state index is -3.90. The molecular weight excluding hydrogens is 339 g/mol. The second kappa shape index (κ2) is 6.71. The van der Waals surface area contributed by atoms with Crippen LogP contribution >= 0.6 is 35.8 Å². The molecule has 1 atom stereocenters. The molecule has 1 aromatic carbocycles. The molecule has 0 aliphatic heterocycles. The van der Waals surface area contributed by atoms with E-state index in [4.69, 9.17) is 11.6 Å². The van der Waals surface area contributed by atoms with Crippen LogP contribution < -0.4 is 34.5 Å². The van der Waals surface area contributed by atoms with Crippen LogP contribution in [-0.4, -0.2) is 0 Å². The van der Waals surface area contributed by atoms with Crippen LogP contribution in [0.25, 0.3) is 0 Å². The summed E-state index contributed by atoms with van der Waals surface area (Å²) in [5, 5.41) is 0.243. The van der Waals surface area contributed by atoms with Crippen molar-refractivity contribution < 1.29 is 52.3 Å². The van der Waals surface area contributed by atoms with Gasteiger partial charge in [-0.05, 0) is 22.8 Å². The Hall–Kier alpha value is 0.870. The van der Waals surface area contributed by atoms with E-state index in [2.05, 4.69) is 20.5 Å². The zero-order valence-electron chi connectivity index (χ0n) is 7.92. The quantitative estimate of drug-likeness (QED) is 0.582. The Kier molecular flexibility index (Phi) is 7.07. The number of rotatable bonds is 3. The molecule has 16 heavy (non-hydrogen) atoms. The Morgan fingerprint density at radius 3 is 2.50 bits per heavy atom. The van der Waals surface area contributed by atoms with Gasteiger partial charge in [0.1, 0.15) is 0 Å². The van der Waals surface area contributed by atoms with Crippen LogP contribution in [-0.2, 0) is 15.2 Å². The third-order valence-electron chi connectivity index (χ3n) is 1.43. The van der Waals surface area contributed by atoms with Crippen molar-refractivity contribution in [3.63, 3.8) is 0 Å². The molecule has 1 aromatic rings. The maximum atomic E-state index is 13.1. The molecular formula is C7H3BrClF2NaO3P+. The number of halogens is 4. The molecule has 0 aliphatic rings. The summed E-state index contributed by atoms with van der Waals surface area (Å²) in [4.78, 5) is 10.1. The Balaban J connectivity index is 0.00000225. The second-order valence-electron chi connectivity index (χ2n) is 2.46. The summed E-state index contributed by atoms with van der Waals surface area (Å²) in [6.07, 6.45) is -3.90. The molecule has 9 heteroatoms. The number of benzene rings is 1. The Morgan fingerprint density at radius 1 is 1.50 bits per heavy atom. The van der Waals surface area contributed by atoms with Gasteiger partial charge < -0.3 is 4.89 Å². The Morgan fingerprint density at radius 2 is 2.06 bits per heavy atom. The number of hydrogen-bond donors (Lipinski definition) is 0. The van der Waals surface area contributed by atoms with Gasteiger partial charge in [-0.25, -0.2) is 0 Å². The normalized spacial score (nSPS) is 11.9. The molecule has 0 saturated carbocycles. The van der Waals surface area contributed by atoms with Crippen LogP contribution in [0.15, 0.2) is 22.7 Å². The van der Waals surface area contributed by atoms with E-state index < -0.39 is 19.9 Å². The van der Waals surface area contributed by atoms with Gasteiger partial charge in [-0.1, -0.05) is 32.1 Å². The average molecular weight is 342 g/mol. The summed E-state index contributed by atoms with van der Waals surface area (Å²) in [5.74, 6) is 0. The average Bonchev–Trinajstić information content (AvgIpc) is 1.99. The summed E-state index contributed by atoms with van der Waals surface area (Å²) in [7, 11) is -3.64. The molecule has 0 saturated heterocycles. The van der Waals surface area contributed by atoms with Crippen molar-refractivity contribution in [2.75, 3.05) is 0 Å². The first-order valence-corrected chi connectivity index (χ1v) is 5.76. The van der Waals surface area contributed by atoms with Crippen molar-refractivity contribution in [1.29, 1.82) is 0 Å². The van der Waals surface area contributed by atoms with E-state index in [-0.39, 0.29) is 39.1 Å². The van der Waals surface area contributed by atoms with Crippen LogP contribution in [0.4, 0.5) is 8.78 Å². The van der Waals surface area contributed by atoms with Crippen molar-refractivity contribution in [3.05, 3.63) is 33.3 Å². The van der Waals surface area contributed by atoms with Crippen molar-refractivity contribution in [1.82, 2.24) is 0 Å². The first-order valence-electron chi connectivity index (χ1n) is 3.50. The van der Waals surface area contributed by atoms with E-state index in [0.717, 1.165) is 6.07 Å². The maximum absolute atomic E-state index is 13.1. The zero-order valence-corrected chi connectivity index (χ0v) is 13.2. The van der Waals surface area contributed by atoms with Crippen molar-refractivity contribution in [3.8, 4) is 0 Å². The topological polar surface area (TPSA) is 49.4 Å². The summed E-state index contributed by atoms with van der Waals surface area (Å²) in [6, 6.07) is 3.40. The number of alkyl halides is 2. The van der Waals surface area contributed by atoms with Gasteiger partial charge in [-0.15, -0.1) is 0 Å².